The van der Waals surface area contributed by atoms with Crippen LogP contribution in [0.5, 0.6) is 5.75 Å². The SMILES string of the molecule is CC(NC(=O)c1sccc1OCc1ccc(Cl)cc1)c1ccc(C(=O)O)cc1. The van der Waals surface area contributed by atoms with Gasteiger partial charge in [-0.05, 0) is 53.8 Å². The van der Waals surface area contributed by atoms with Crippen molar-refractivity contribution in [1.82, 2.24) is 5.32 Å². The van der Waals surface area contributed by atoms with Gasteiger partial charge in [0, 0.05) is 5.02 Å². The number of rotatable bonds is 7. The number of carboxylic acids is 1. The molecule has 0 spiro atoms. The van der Waals surface area contributed by atoms with Gasteiger partial charge in [-0.3, -0.25) is 4.79 Å². The Morgan fingerprint density at radius 3 is 2.43 bits per heavy atom. The molecule has 144 valence electrons. The summed E-state index contributed by atoms with van der Waals surface area (Å²) in [7, 11) is 0. The second kappa shape index (κ2) is 8.91. The Morgan fingerprint density at radius 2 is 1.79 bits per heavy atom. The number of carboxylic acid groups (broad SMARTS) is 1. The molecule has 0 aliphatic carbocycles. The topological polar surface area (TPSA) is 75.6 Å². The molecule has 0 aliphatic heterocycles. The molecule has 7 heteroatoms. The number of aromatic carboxylic acids is 1. The molecular weight excluding hydrogens is 398 g/mol. The van der Waals surface area contributed by atoms with Gasteiger partial charge in [-0.1, -0.05) is 35.9 Å². The molecule has 0 saturated heterocycles. The minimum Gasteiger partial charge on any atom is -0.487 e. The normalized spacial score (nSPS) is 11.6. The van der Waals surface area contributed by atoms with Crippen molar-refractivity contribution in [2.24, 2.45) is 0 Å². The third-order valence-corrected chi connectivity index (χ3v) is 5.29. The fraction of sp³-hybridized carbons (Fsp3) is 0.143. The zero-order valence-electron chi connectivity index (χ0n) is 15.0. The Balaban J connectivity index is 1.63. The lowest BCUT2D eigenvalue weighted by Gasteiger charge is -2.15. The number of amides is 1. The predicted molar refractivity (Wildman–Crippen MR) is 109 cm³/mol. The van der Waals surface area contributed by atoms with Crippen LogP contribution in [-0.2, 0) is 6.61 Å². The summed E-state index contributed by atoms with van der Waals surface area (Å²) in [6.07, 6.45) is 0. The van der Waals surface area contributed by atoms with Gasteiger partial charge < -0.3 is 15.2 Å². The molecule has 0 fully saturated rings. The van der Waals surface area contributed by atoms with Crippen molar-refractivity contribution in [1.29, 1.82) is 0 Å². The van der Waals surface area contributed by atoms with Crippen LogP contribution >= 0.6 is 22.9 Å². The van der Waals surface area contributed by atoms with E-state index < -0.39 is 5.97 Å². The highest BCUT2D eigenvalue weighted by molar-refractivity contribution is 7.12. The summed E-state index contributed by atoms with van der Waals surface area (Å²) in [6.45, 7) is 2.18. The van der Waals surface area contributed by atoms with E-state index in [1.807, 2.05) is 19.1 Å². The Hall–Kier alpha value is -2.83. The van der Waals surface area contributed by atoms with E-state index in [-0.39, 0.29) is 17.5 Å². The number of ether oxygens (including phenoxy) is 1. The van der Waals surface area contributed by atoms with E-state index in [1.54, 1.807) is 35.7 Å². The van der Waals surface area contributed by atoms with Crippen LogP contribution in [-0.4, -0.2) is 17.0 Å². The Bertz CT molecular complexity index is 967. The number of carbonyl (C=O) groups is 2. The minimum atomic E-state index is -0.982. The molecule has 2 aromatic carbocycles. The number of benzene rings is 2. The summed E-state index contributed by atoms with van der Waals surface area (Å²) in [4.78, 5) is 24.1. The van der Waals surface area contributed by atoms with Crippen molar-refractivity contribution in [3.8, 4) is 5.75 Å². The summed E-state index contributed by atoms with van der Waals surface area (Å²) >= 11 is 7.18. The highest BCUT2D eigenvalue weighted by Crippen LogP contribution is 2.27. The molecule has 1 aromatic heterocycles. The van der Waals surface area contributed by atoms with E-state index in [9.17, 15) is 9.59 Å². The highest BCUT2D eigenvalue weighted by atomic mass is 35.5. The molecule has 3 rings (SSSR count). The number of carbonyl (C=O) groups excluding carboxylic acids is 1. The minimum absolute atomic E-state index is 0.207. The average Bonchev–Trinajstić information content (AvgIpc) is 3.16. The largest absolute Gasteiger partial charge is 0.487 e. The van der Waals surface area contributed by atoms with Crippen molar-refractivity contribution < 1.29 is 19.4 Å². The van der Waals surface area contributed by atoms with Crippen molar-refractivity contribution in [3.05, 3.63) is 86.6 Å². The summed E-state index contributed by atoms with van der Waals surface area (Å²) in [5, 5.41) is 14.4. The third kappa shape index (κ3) is 4.91. The van der Waals surface area contributed by atoms with Crippen LogP contribution < -0.4 is 10.1 Å². The number of hydrogen-bond acceptors (Lipinski definition) is 4. The molecule has 0 aliphatic rings. The zero-order chi connectivity index (χ0) is 20.1. The molecule has 1 atom stereocenters. The molecule has 3 aromatic rings. The molecule has 2 N–H and O–H groups in total. The standard InChI is InChI=1S/C21H18ClNO4S/c1-13(15-4-6-16(7-5-15)21(25)26)23-20(24)19-18(10-11-28-19)27-12-14-2-8-17(22)9-3-14/h2-11,13H,12H2,1H3,(H,23,24)(H,25,26). The molecule has 0 saturated carbocycles. The molecular formula is C21H18ClNO4S. The second-order valence-electron chi connectivity index (χ2n) is 6.15. The monoisotopic (exact) mass is 415 g/mol. The van der Waals surface area contributed by atoms with Gasteiger partial charge in [-0.25, -0.2) is 4.79 Å². The van der Waals surface area contributed by atoms with Crippen LogP contribution in [0.3, 0.4) is 0 Å². The number of thiophene rings is 1. The fourth-order valence-electron chi connectivity index (χ4n) is 2.58. The average molecular weight is 416 g/mol. The summed E-state index contributed by atoms with van der Waals surface area (Å²) < 4.78 is 5.79. The van der Waals surface area contributed by atoms with E-state index in [2.05, 4.69) is 5.32 Å². The van der Waals surface area contributed by atoms with Crippen molar-refractivity contribution in [2.45, 2.75) is 19.6 Å². The lowest BCUT2D eigenvalue weighted by Crippen LogP contribution is -2.26. The van der Waals surface area contributed by atoms with Gasteiger partial charge in [0.1, 0.15) is 17.2 Å². The lowest BCUT2D eigenvalue weighted by molar-refractivity contribution is 0.0696. The Labute approximate surface area is 171 Å². The molecule has 1 heterocycles. The molecule has 0 radical (unpaired) electrons. The van der Waals surface area contributed by atoms with Crippen LogP contribution in [0, 0.1) is 0 Å². The van der Waals surface area contributed by atoms with Gasteiger partial charge in [-0.15, -0.1) is 11.3 Å². The van der Waals surface area contributed by atoms with Crippen LogP contribution in [0.25, 0.3) is 0 Å². The first-order chi connectivity index (χ1) is 13.4. The highest BCUT2D eigenvalue weighted by Gasteiger charge is 2.18. The molecule has 0 bridgehead atoms. The number of nitrogens with one attached hydrogen (secondary N) is 1. The van der Waals surface area contributed by atoms with Gasteiger partial charge in [-0.2, -0.15) is 0 Å². The fourth-order valence-corrected chi connectivity index (χ4v) is 3.44. The molecule has 28 heavy (non-hydrogen) atoms. The maximum absolute atomic E-state index is 12.6. The van der Waals surface area contributed by atoms with E-state index in [1.165, 1.54) is 23.5 Å². The third-order valence-electron chi connectivity index (χ3n) is 4.15. The Kier molecular flexibility index (Phi) is 6.34. The summed E-state index contributed by atoms with van der Waals surface area (Å²) in [5.74, 6) is -0.703. The smallest absolute Gasteiger partial charge is 0.335 e. The maximum atomic E-state index is 12.6. The van der Waals surface area contributed by atoms with Crippen molar-refractivity contribution in [2.75, 3.05) is 0 Å². The maximum Gasteiger partial charge on any atom is 0.335 e. The lowest BCUT2D eigenvalue weighted by atomic mass is 10.1. The van der Waals surface area contributed by atoms with Gasteiger partial charge in [0.05, 0.1) is 11.6 Å². The first-order valence-electron chi connectivity index (χ1n) is 8.53. The van der Waals surface area contributed by atoms with Crippen LogP contribution in [0.4, 0.5) is 0 Å². The van der Waals surface area contributed by atoms with E-state index in [4.69, 9.17) is 21.4 Å². The van der Waals surface area contributed by atoms with Gasteiger partial charge in [0.2, 0.25) is 0 Å². The Morgan fingerprint density at radius 1 is 1.11 bits per heavy atom. The van der Waals surface area contributed by atoms with Crippen LogP contribution in [0.1, 0.15) is 44.1 Å². The van der Waals surface area contributed by atoms with E-state index >= 15 is 0 Å². The van der Waals surface area contributed by atoms with Crippen molar-refractivity contribution in [3.63, 3.8) is 0 Å². The van der Waals surface area contributed by atoms with Crippen LogP contribution in [0.2, 0.25) is 5.02 Å². The quantitative estimate of drug-likeness (QED) is 0.558. The molecule has 1 amide bonds. The zero-order valence-corrected chi connectivity index (χ0v) is 16.6. The predicted octanol–water partition coefficient (Wildman–Crippen LogP) is 5.17. The van der Waals surface area contributed by atoms with Crippen LogP contribution in [0.15, 0.2) is 60.0 Å². The summed E-state index contributed by atoms with van der Waals surface area (Å²) in [5.41, 5.74) is 1.98. The number of halogens is 1. The number of hydrogen-bond donors (Lipinski definition) is 2. The second-order valence-corrected chi connectivity index (χ2v) is 7.50. The van der Waals surface area contributed by atoms with Gasteiger partial charge in [0.25, 0.3) is 5.91 Å². The van der Waals surface area contributed by atoms with E-state index in [0.29, 0.717) is 22.3 Å². The van der Waals surface area contributed by atoms with Crippen molar-refractivity contribution >= 4 is 34.8 Å². The first kappa shape index (κ1) is 19.9. The summed E-state index contributed by atoms with van der Waals surface area (Å²) in [6, 6.07) is 15.2. The molecule has 5 nitrogen and oxygen atoms in total. The molecule has 1 unspecified atom stereocenters. The van der Waals surface area contributed by atoms with Gasteiger partial charge >= 0.3 is 5.97 Å². The first-order valence-corrected chi connectivity index (χ1v) is 9.78. The van der Waals surface area contributed by atoms with E-state index in [0.717, 1.165) is 11.1 Å². The van der Waals surface area contributed by atoms with Gasteiger partial charge in [0.15, 0.2) is 0 Å².